The van der Waals surface area contributed by atoms with Gasteiger partial charge in [-0.25, -0.2) is 19.4 Å². The van der Waals surface area contributed by atoms with Crippen molar-refractivity contribution < 1.29 is 38.0 Å². The molecule has 5 atom stereocenters. The molecule has 5 rings (SSSR count). The molecule has 48 heavy (non-hydrogen) atoms. The van der Waals surface area contributed by atoms with Gasteiger partial charge in [0.15, 0.2) is 12.0 Å². The summed E-state index contributed by atoms with van der Waals surface area (Å²) in [5.74, 6) is 1.36. The van der Waals surface area contributed by atoms with Crippen LogP contribution in [0.15, 0.2) is 44.2 Å². The summed E-state index contributed by atoms with van der Waals surface area (Å²) in [5, 5.41) is 6.65. The zero-order chi connectivity index (χ0) is 34.0. The molecule has 0 radical (unpaired) electrons. The molecule has 1 saturated heterocycles. The van der Waals surface area contributed by atoms with Gasteiger partial charge in [-0.05, 0) is 18.5 Å². The fourth-order valence-corrected chi connectivity index (χ4v) is 6.48. The predicted octanol–water partition coefficient (Wildman–Crippen LogP) is 1.75. The van der Waals surface area contributed by atoms with Gasteiger partial charge < -0.3 is 43.6 Å². The lowest BCUT2D eigenvalue weighted by Crippen LogP contribution is -2.36. The van der Waals surface area contributed by atoms with E-state index in [1.54, 1.807) is 17.1 Å². The maximum absolute atomic E-state index is 12.2. The Hall–Kier alpha value is -4.63. The first-order valence-corrected chi connectivity index (χ1v) is 17.0. The van der Waals surface area contributed by atoms with Crippen LogP contribution < -0.4 is 27.0 Å². The molecule has 3 aliphatic heterocycles. The van der Waals surface area contributed by atoms with Crippen molar-refractivity contribution >= 4 is 45.4 Å². The van der Waals surface area contributed by atoms with E-state index in [9.17, 15) is 24.0 Å². The Bertz CT molecular complexity index is 1730. The summed E-state index contributed by atoms with van der Waals surface area (Å²) in [6.45, 7) is 1.69. The fraction of sp³-hybridized carbons (Fsp3) is 0.538. The van der Waals surface area contributed by atoms with Gasteiger partial charge in [0.05, 0.1) is 19.0 Å². The van der Waals surface area contributed by atoms with Crippen molar-refractivity contribution in [1.29, 1.82) is 0 Å². The van der Waals surface area contributed by atoms with Crippen LogP contribution in [0, 0.1) is 6.92 Å². The average molecular weight is 710 g/mol. The number of fused-ring (bicyclic) bond motifs is 1. The maximum Gasteiger partial charge on any atom is 0.508 e. The number of azide groups is 1. The summed E-state index contributed by atoms with van der Waals surface area (Å²) in [6.07, 6.45) is 1.94. The Morgan fingerprint density at radius 3 is 2.52 bits per heavy atom. The number of aromatic amines is 2. The zero-order valence-corrected chi connectivity index (χ0v) is 27.0. The van der Waals surface area contributed by atoms with Gasteiger partial charge >= 0.3 is 18.0 Å². The second-order valence-electron chi connectivity index (χ2n) is 10.3. The molecule has 22 heteroatoms. The number of carbonyl (C=O) groups excluding carboxylic acids is 2. The lowest BCUT2D eigenvalue weighted by molar-refractivity contribution is -0.0415. The van der Waals surface area contributed by atoms with E-state index in [2.05, 4.69) is 30.3 Å². The van der Waals surface area contributed by atoms with Crippen LogP contribution in [0.5, 0.6) is 0 Å². The summed E-state index contributed by atoms with van der Waals surface area (Å²) >= 11 is 0. The molecule has 0 amide bonds. The van der Waals surface area contributed by atoms with Gasteiger partial charge in [-0.2, -0.15) is 0 Å². The number of nitrogens with one attached hydrogen (secondary N) is 3. The molecule has 1 fully saturated rings. The van der Waals surface area contributed by atoms with Gasteiger partial charge in [0.1, 0.15) is 50.6 Å². The third-order valence-corrected chi connectivity index (χ3v) is 9.42. The molecule has 0 aliphatic carbocycles. The van der Waals surface area contributed by atoms with E-state index >= 15 is 0 Å². The molecule has 3 N–H and O–H groups in total. The van der Waals surface area contributed by atoms with E-state index < -0.39 is 54.3 Å². The highest BCUT2D eigenvalue weighted by atomic mass is 33.1. The first-order valence-electron chi connectivity index (χ1n) is 14.5. The largest absolute Gasteiger partial charge is 0.508 e. The van der Waals surface area contributed by atoms with Crippen LogP contribution in [0.1, 0.15) is 18.2 Å². The molecule has 3 aliphatic rings. The number of carbonyl (C=O) groups is 2. The minimum Gasteiger partial charge on any atom is -0.433 e. The highest BCUT2D eigenvalue weighted by molar-refractivity contribution is 8.76. The first-order chi connectivity index (χ1) is 23.2. The second kappa shape index (κ2) is 16.5. The van der Waals surface area contributed by atoms with Gasteiger partial charge in [0.2, 0.25) is 0 Å². The monoisotopic (exact) mass is 709 g/mol. The first kappa shape index (κ1) is 34.7. The number of aromatic nitrogens is 4. The fourth-order valence-electron chi connectivity index (χ4n) is 4.82. The van der Waals surface area contributed by atoms with Gasteiger partial charge in [-0.15, -0.1) is 0 Å². The molecule has 0 saturated carbocycles. The van der Waals surface area contributed by atoms with Crippen LogP contribution in [-0.2, 0) is 28.4 Å². The maximum atomic E-state index is 12.2. The van der Waals surface area contributed by atoms with Crippen LogP contribution >= 0.6 is 21.6 Å². The number of H-pyrrole nitrogens is 2. The van der Waals surface area contributed by atoms with Crippen LogP contribution in [0.3, 0.4) is 0 Å². The van der Waals surface area contributed by atoms with Crippen molar-refractivity contribution in [3.8, 4) is 0 Å². The van der Waals surface area contributed by atoms with E-state index in [1.165, 1.54) is 45.6 Å². The Kier molecular flexibility index (Phi) is 11.9. The molecule has 20 nitrogen and oxygen atoms in total. The molecule has 0 aromatic carbocycles. The molecular weight excluding hydrogens is 678 g/mol. The molecule has 0 spiro atoms. The topological polar surface area (TPSA) is 254 Å². The minimum atomic E-state index is -0.947. The van der Waals surface area contributed by atoms with Crippen LogP contribution in [0.25, 0.3) is 10.4 Å². The molecule has 2 aromatic heterocycles. The summed E-state index contributed by atoms with van der Waals surface area (Å²) in [4.78, 5) is 73.2. The van der Waals surface area contributed by atoms with Crippen molar-refractivity contribution in [1.82, 2.24) is 19.5 Å². The van der Waals surface area contributed by atoms with Crippen LogP contribution in [-0.4, -0.2) is 101 Å². The SMILES string of the molecule is Cc1cn([C@H]2C[C@H](N=[N+]=[N-])[C@@H](COC(=O)OCCSSCCOC(=O)OCC3C=C[C@H](N4CNc5c4nc[nH]c5=O)O3)O2)c(=O)[nH]c1=O. The summed E-state index contributed by atoms with van der Waals surface area (Å²) in [6, 6.07) is -0.721. The van der Waals surface area contributed by atoms with Gasteiger partial charge in [-0.3, -0.25) is 19.1 Å². The lowest BCUT2D eigenvalue weighted by atomic mass is 10.1. The van der Waals surface area contributed by atoms with Crippen molar-refractivity contribution in [3.05, 3.63) is 71.9 Å². The standard InChI is InChI=1S/C26H31N9O11S2/c1-14-9-34(24(38)31-22(14)36)19-8-16(32-33-27)17(46-19)11-44-26(40)42-5-7-48-47-6-4-41-25(39)43-10-15-2-3-18(45-15)35-13-30-20-21(35)28-12-29-23(20)37/h2-3,9,12,15-19,30H,4-8,10-11,13H2,1H3,(H,28,29,37)(H,31,36,38)/t15?,16-,17+,18+,19+/m0/s1. The number of aryl methyl sites for hydroxylation is 1. The number of ether oxygens (including phenoxy) is 6. The highest BCUT2D eigenvalue weighted by Crippen LogP contribution is 2.31. The summed E-state index contributed by atoms with van der Waals surface area (Å²) in [5.41, 5.74) is 8.09. The number of nitrogens with zero attached hydrogens (tertiary/aromatic N) is 6. The van der Waals surface area contributed by atoms with E-state index in [0.717, 1.165) is 0 Å². The van der Waals surface area contributed by atoms with E-state index in [0.29, 0.717) is 35.2 Å². The molecule has 5 heterocycles. The number of hydrogen-bond acceptors (Lipinski definition) is 17. The van der Waals surface area contributed by atoms with Gasteiger partial charge in [0, 0.05) is 34.6 Å². The average Bonchev–Trinajstić information content (AvgIpc) is 3.81. The van der Waals surface area contributed by atoms with Crippen LogP contribution in [0.4, 0.5) is 21.1 Å². The van der Waals surface area contributed by atoms with Crippen molar-refractivity contribution in [2.45, 2.75) is 44.1 Å². The zero-order valence-electron chi connectivity index (χ0n) is 25.3. The minimum absolute atomic E-state index is 0.0426. The predicted molar refractivity (Wildman–Crippen MR) is 171 cm³/mol. The summed E-state index contributed by atoms with van der Waals surface area (Å²) in [7, 11) is 2.79. The highest BCUT2D eigenvalue weighted by Gasteiger charge is 2.37. The molecule has 0 bridgehead atoms. The Labute approximate surface area is 278 Å². The Morgan fingerprint density at radius 2 is 1.79 bits per heavy atom. The second-order valence-corrected chi connectivity index (χ2v) is 13.0. The smallest absolute Gasteiger partial charge is 0.433 e. The van der Waals surface area contributed by atoms with Gasteiger partial charge in [0.25, 0.3) is 11.1 Å². The lowest BCUT2D eigenvalue weighted by Gasteiger charge is -2.24. The van der Waals surface area contributed by atoms with Gasteiger partial charge in [-0.1, -0.05) is 32.8 Å². The number of rotatable bonds is 14. The molecular formula is C26H31N9O11S2. The molecule has 2 aromatic rings. The Morgan fingerprint density at radius 1 is 1.06 bits per heavy atom. The summed E-state index contributed by atoms with van der Waals surface area (Å²) < 4.78 is 33.2. The van der Waals surface area contributed by atoms with E-state index in [1.807, 2.05) is 0 Å². The van der Waals surface area contributed by atoms with Crippen LogP contribution in [0.2, 0.25) is 0 Å². The van der Waals surface area contributed by atoms with Crippen molar-refractivity contribution in [3.63, 3.8) is 0 Å². The van der Waals surface area contributed by atoms with E-state index in [4.69, 9.17) is 34.0 Å². The molecule has 258 valence electrons. The number of hydrogen-bond donors (Lipinski definition) is 3. The van der Waals surface area contributed by atoms with E-state index in [-0.39, 0.29) is 38.4 Å². The Balaban J connectivity index is 0.894. The molecule has 1 unspecified atom stereocenters. The normalized spacial score (nSPS) is 22.4. The quantitative estimate of drug-likeness (QED) is 0.0480. The number of anilines is 2. The third kappa shape index (κ3) is 8.83. The third-order valence-electron chi connectivity index (χ3n) is 7.09. The van der Waals surface area contributed by atoms with Crippen molar-refractivity contribution in [2.24, 2.45) is 5.11 Å². The van der Waals surface area contributed by atoms with Crippen molar-refractivity contribution in [2.75, 3.05) is 54.8 Å².